The third kappa shape index (κ3) is 4.45. The predicted molar refractivity (Wildman–Crippen MR) is 186 cm³/mol. The Morgan fingerprint density at radius 1 is 0.386 bits per heavy atom. The standard InChI is InChI=1S/C42H30N2/c1-4-18-33(19-5-1)43(34-20-6-2-7-21-34)39-27-12-10-24-36(39)31-16-14-17-32(30-31)37-26-15-29-41-42(37)38-25-11-13-28-40(38)44(41)35-22-8-3-9-23-35/h1-30H. The Kier molecular flexibility index (Phi) is 6.51. The SMILES string of the molecule is c1ccc(N(c2ccccc2)c2ccccc2-c2cccc(-c3cccc4c3c3ccccc3n4-c3ccccc3)c2)cc1. The van der Waals surface area contributed by atoms with Gasteiger partial charge in [-0.3, -0.25) is 0 Å². The molecule has 0 spiro atoms. The number of fused-ring (bicyclic) bond motifs is 3. The maximum Gasteiger partial charge on any atom is 0.0547 e. The van der Waals surface area contributed by atoms with E-state index in [4.69, 9.17) is 0 Å². The summed E-state index contributed by atoms with van der Waals surface area (Å²) in [5.41, 5.74) is 11.8. The summed E-state index contributed by atoms with van der Waals surface area (Å²) in [6.45, 7) is 0. The largest absolute Gasteiger partial charge is 0.310 e. The highest BCUT2D eigenvalue weighted by molar-refractivity contribution is 6.15. The monoisotopic (exact) mass is 562 g/mol. The molecule has 208 valence electrons. The van der Waals surface area contributed by atoms with Gasteiger partial charge in [-0.15, -0.1) is 0 Å². The van der Waals surface area contributed by atoms with E-state index in [1.807, 2.05) is 0 Å². The minimum atomic E-state index is 1.13. The van der Waals surface area contributed by atoms with Crippen molar-refractivity contribution in [2.45, 2.75) is 0 Å². The van der Waals surface area contributed by atoms with E-state index in [0.29, 0.717) is 0 Å². The molecule has 0 saturated carbocycles. The van der Waals surface area contributed by atoms with Crippen LogP contribution in [0.3, 0.4) is 0 Å². The van der Waals surface area contributed by atoms with E-state index in [1.165, 1.54) is 49.7 Å². The molecular formula is C42H30N2. The zero-order valence-corrected chi connectivity index (χ0v) is 24.2. The van der Waals surface area contributed by atoms with Crippen molar-refractivity contribution in [1.29, 1.82) is 0 Å². The van der Waals surface area contributed by atoms with Gasteiger partial charge >= 0.3 is 0 Å². The molecule has 0 unspecified atom stereocenters. The second-order valence-corrected chi connectivity index (χ2v) is 11.0. The average molecular weight is 563 g/mol. The number of para-hydroxylation sites is 5. The first-order valence-corrected chi connectivity index (χ1v) is 15.0. The number of aromatic nitrogens is 1. The molecule has 1 aromatic heterocycles. The molecule has 8 rings (SSSR count). The Morgan fingerprint density at radius 3 is 1.64 bits per heavy atom. The number of anilines is 3. The lowest BCUT2D eigenvalue weighted by atomic mass is 9.95. The maximum absolute atomic E-state index is 2.38. The maximum atomic E-state index is 2.38. The lowest BCUT2D eigenvalue weighted by Crippen LogP contribution is -2.10. The van der Waals surface area contributed by atoms with Crippen LogP contribution in [-0.2, 0) is 0 Å². The second kappa shape index (κ2) is 11.1. The van der Waals surface area contributed by atoms with Crippen molar-refractivity contribution in [2.75, 3.05) is 4.90 Å². The molecule has 0 aliphatic heterocycles. The van der Waals surface area contributed by atoms with Crippen LogP contribution in [0.15, 0.2) is 182 Å². The van der Waals surface area contributed by atoms with Crippen LogP contribution in [0.25, 0.3) is 49.7 Å². The number of hydrogen-bond acceptors (Lipinski definition) is 1. The van der Waals surface area contributed by atoms with Crippen LogP contribution in [0.2, 0.25) is 0 Å². The minimum Gasteiger partial charge on any atom is -0.310 e. The van der Waals surface area contributed by atoms with Gasteiger partial charge in [0.15, 0.2) is 0 Å². The molecule has 0 aliphatic carbocycles. The summed E-state index contributed by atoms with van der Waals surface area (Å²) in [4.78, 5) is 2.34. The van der Waals surface area contributed by atoms with Crippen molar-refractivity contribution >= 4 is 38.9 Å². The van der Waals surface area contributed by atoms with Gasteiger partial charge in [0.25, 0.3) is 0 Å². The fourth-order valence-electron chi connectivity index (χ4n) is 6.46. The Balaban J connectivity index is 1.32. The van der Waals surface area contributed by atoms with Gasteiger partial charge in [0, 0.05) is 33.4 Å². The summed E-state index contributed by atoms with van der Waals surface area (Å²) in [5.74, 6) is 0. The average Bonchev–Trinajstić information content (AvgIpc) is 3.45. The molecule has 2 heteroatoms. The van der Waals surface area contributed by atoms with Crippen LogP contribution in [-0.4, -0.2) is 4.57 Å². The van der Waals surface area contributed by atoms with E-state index in [1.54, 1.807) is 0 Å². The number of benzene rings is 7. The molecule has 0 aliphatic rings. The van der Waals surface area contributed by atoms with Crippen LogP contribution in [0.1, 0.15) is 0 Å². The van der Waals surface area contributed by atoms with Gasteiger partial charge in [0.05, 0.1) is 16.7 Å². The molecule has 0 fully saturated rings. The Morgan fingerprint density at radius 2 is 0.909 bits per heavy atom. The fraction of sp³-hybridized carbons (Fsp3) is 0. The van der Waals surface area contributed by atoms with Crippen LogP contribution in [0.5, 0.6) is 0 Å². The molecule has 0 radical (unpaired) electrons. The lowest BCUT2D eigenvalue weighted by molar-refractivity contribution is 1.18. The first-order valence-electron chi connectivity index (χ1n) is 15.0. The molecule has 0 amide bonds. The highest BCUT2D eigenvalue weighted by Crippen LogP contribution is 2.43. The number of rotatable bonds is 6. The molecule has 7 aromatic carbocycles. The van der Waals surface area contributed by atoms with E-state index in [9.17, 15) is 0 Å². The Hall–Kier alpha value is -5.86. The van der Waals surface area contributed by atoms with Crippen molar-refractivity contribution in [1.82, 2.24) is 4.57 Å². The van der Waals surface area contributed by atoms with Gasteiger partial charge in [0.2, 0.25) is 0 Å². The van der Waals surface area contributed by atoms with Gasteiger partial charge < -0.3 is 9.47 Å². The molecule has 0 N–H and O–H groups in total. The highest BCUT2D eigenvalue weighted by Gasteiger charge is 2.19. The predicted octanol–water partition coefficient (Wildman–Crippen LogP) is 11.6. The van der Waals surface area contributed by atoms with Crippen LogP contribution in [0.4, 0.5) is 17.1 Å². The van der Waals surface area contributed by atoms with Gasteiger partial charge in [-0.05, 0) is 77.4 Å². The van der Waals surface area contributed by atoms with Gasteiger partial charge in [-0.2, -0.15) is 0 Å². The molecule has 8 aromatic rings. The third-order valence-corrected chi connectivity index (χ3v) is 8.37. The van der Waals surface area contributed by atoms with Crippen molar-refractivity contribution in [2.24, 2.45) is 0 Å². The quantitative estimate of drug-likeness (QED) is 0.196. The smallest absolute Gasteiger partial charge is 0.0547 e. The van der Waals surface area contributed by atoms with Crippen molar-refractivity contribution in [3.05, 3.63) is 182 Å². The van der Waals surface area contributed by atoms with E-state index in [0.717, 1.165) is 17.1 Å². The third-order valence-electron chi connectivity index (χ3n) is 8.37. The topological polar surface area (TPSA) is 8.17 Å². The van der Waals surface area contributed by atoms with Crippen LogP contribution in [0, 0.1) is 0 Å². The van der Waals surface area contributed by atoms with Gasteiger partial charge in [-0.25, -0.2) is 0 Å². The summed E-state index contributed by atoms with van der Waals surface area (Å²) in [5, 5.41) is 2.53. The lowest BCUT2D eigenvalue weighted by Gasteiger charge is -2.28. The zero-order chi connectivity index (χ0) is 29.3. The molecular weight excluding hydrogens is 532 g/mol. The summed E-state index contributed by atoms with van der Waals surface area (Å²) >= 11 is 0. The molecule has 0 bridgehead atoms. The highest BCUT2D eigenvalue weighted by atomic mass is 15.1. The van der Waals surface area contributed by atoms with Gasteiger partial charge in [0.1, 0.15) is 0 Å². The molecule has 44 heavy (non-hydrogen) atoms. The van der Waals surface area contributed by atoms with E-state index >= 15 is 0 Å². The molecule has 0 saturated heterocycles. The molecule has 1 heterocycles. The zero-order valence-electron chi connectivity index (χ0n) is 24.2. The summed E-state index contributed by atoms with van der Waals surface area (Å²) < 4.78 is 2.38. The summed E-state index contributed by atoms with van der Waals surface area (Å²) in [7, 11) is 0. The summed E-state index contributed by atoms with van der Waals surface area (Å²) in [6.07, 6.45) is 0. The minimum absolute atomic E-state index is 1.13. The number of nitrogens with zero attached hydrogens (tertiary/aromatic N) is 2. The fourth-order valence-corrected chi connectivity index (χ4v) is 6.46. The Labute approximate surface area is 257 Å². The number of hydrogen-bond donors (Lipinski definition) is 0. The van der Waals surface area contributed by atoms with Gasteiger partial charge in [-0.1, -0.05) is 121 Å². The first kappa shape index (κ1) is 25.8. The van der Waals surface area contributed by atoms with Crippen molar-refractivity contribution in [3.63, 3.8) is 0 Å². The van der Waals surface area contributed by atoms with Crippen molar-refractivity contribution in [3.8, 4) is 27.9 Å². The second-order valence-electron chi connectivity index (χ2n) is 11.0. The van der Waals surface area contributed by atoms with Crippen LogP contribution >= 0.6 is 0 Å². The van der Waals surface area contributed by atoms with E-state index in [-0.39, 0.29) is 0 Å². The van der Waals surface area contributed by atoms with Crippen molar-refractivity contribution < 1.29 is 0 Å². The normalized spacial score (nSPS) is 11.2. The summed E-state index contributed by atoms with van der Waals surface area (Å²) in [6, 6.07) is 65.0. The Bertz CT molecular complexity index is 2170. The first-order chi connectivity index (χ1) is 21.9. The van der Waals surface area contributed by atoms with E-state index < -0.39 is 0 Å². The van der Waals surface area contributed by atoms with Crippen LogP contribution < -0.4 is 4.90 Å². The molecule has 2 nitrogen and oxygen atoms in total. The van der Waals surface area contributed by atoms with E-state index in [2.05, 4.69) is 191 Å². The molecule has 0 atom stereocenters.